The Morgan fingerprint density at radius 3 is 2.45 bits per heavy atom. The zero-order valence-corrected chi connectivity index (χ0v) is 23.4. The molecule has 8 N–H and O–H groups in total. The summed E-state index contributed by atoms with van der Waals surface area (Å²) in [5.74, 6) is -1.62. The van der Waals surface area contributed by atoms with E-state index in [4.69, 9.17) is 38.9 Å². The minimum atomic E-state index is -1.69. The Bertz CT molecular complexity index is 1400. The number of carbonyl (C=O) groups excluding carboxylic acids is 3. The Kier molecular flexibility index (Phi) is 10.1. The molecule has 2 unspecified atom stereocenters. The van der Waals surface area contributed by atoms with Gasteiger partial charge in [-0.15, -0.1) is 0 Å². The van der Waals surface area contributed by atoms with Crippen molar-refractivity contribution in [2.75, 3.05) is 13.2 Å². The summed E-state index contributed by atoms with van der Waals surface area (Å²) in [5.41, 5.74) is 17.1. The average molecular weight is 587 g/mol. The normalized spacial score (nSPS) is 17.1. The zero-order chi connectivity index (χ0) is 29.4. The second-order valence-corrected chi connectivity index (χ2v) is 11.2. The van der Waals surface area contributed by atoms with E-state index in [1.165, 1.54) is 10.4 Å². The van der Waals surface area contributed by atoms with Crippen LogP contribution in [0.15, 0.2) is 71.4 Å². The topological polar surface area (TPSA) is 195 Å². The maximum atomic E-state index is 13.4. The van der Waals surface area contributed by atoms with Crippen LogP contribution in [0.2, 0.25) is 0 Å². The van der Waals surface area contributed by atoms with Gasteiger partial charge in [0.1, 0.15) is 29.1 Å². The van der Waals surface area contributed by atoms with Gasteiger partial charge in [0.05, 0.1) is 11.2 Å². The van der Waals surface area contributed by atoms with Gasteiger partial charge in [-0.25, -0.2) is 4.21 Å². The molecule has 0 saturated carbocycles. The fourth-order valence-electron chi connectivity index (χ4n) is 4.02. The van der Waals surface area contributed by atoms with Gasteiger partial charge in [-0.2, -0.15) is 0 Å². The van der Waals surface area contributed by atoms with E-state index >= 15 is 0 Å². The minimum absolute atomic E-state index is 0.0101. The molecule has 0 heterocycles. The number of ether oxygens (including phenoxy) is 1. The van der Waals surface area contributed by atoms with Gasteiger partial charge in [-0.1, -0.05) is 54.1 Å². The molecule has 40 heavy (non-hydrogen) atoms. The lowest BCUT2D eigenvalue weighted by Crippen LogP contribution is -2.41. The largest absolute Gasteiger partial charge is 0.483 e. The molecule has 2 aromatic carbocycles. The van der Waals surface area contributed by atoms with Crippen LogP contribution in [0.3, 0.4) is 0 Å². The number of hydrogen-bond acceptors (Lipinski definition) is 6. The number of allylic oxidation sites excluding steroid dienone is 2. The van der Waals surface area contributed by atoms with Gasteiger partial charge in [-0.3, -0.25) is 24.1 Å². The summed E-state index contributed by atoms with van der Waals surface area (Å²) in [4.78, 5) is 36.5. The molecule has 3 amide bonds. The molecule has 1 aliphatic rings. The highest BCUT2D eigenvalue weighted by Crippen LogP contribution is 2.37. The Morgan fingerprint density at radius 1 is 1.12 bits per heavy atom. The lowest BCUT2D eigenvalue weighted by molar-refractivity contribution is -0.128. The lowest BCUT2D eigenvalue weighted by Gasteiger charge is -2.33. The second-order valence-electron chi connectivity index (χ2n) is 9.38. The van der Waals surface area contributed by atoms with Crippen LogP contribution in [0.1, 0.15) is 30.0 Å². The first kappa shape index (κ1) is 30.4. The van der Waals surface area contributed by atoms with E-state index in [1.54, 1.807) is 31.2 Å². The van der Waals surface area contributed by atoms with Gasteiger partial charge in [0.15, 0.2) is 6.61 Å². The van der Waals surface area contributed by atoms with E-state index in [1.807, 2.05) is 30.3 Å². The molecule has 0 spiro atoms. The van der Waals surface area contributed by atoms with Crippen molar-refractivity contribution in [3.05, 3.63) is 88.1 Å². The molecule has 0 bridgehead atoms. The van der Waals surface area contributed by atoms with Gasteiger partial charge in [0, 0.05) is 34.8 Å². The van der Waals surface area contributed by atoms with E-state index in [-0.39, 0.29) is 36.8 Å². The van der Waals surface area contributed by atoms with Gasteiger partial charge in [-0.05, 0) is 30.7 Å². The smallest absolute Gasteiger partial charge is 0.255 e. The predicted molar refractivity (Wildman–Crippen MR) is 153 cm³/mol. The van der Waals surface area contributed by atoms with Crippen molar-refractivity contribution < 1.29 is 23.3 Å². The highest BCUT2D eigenvalue weighted by Gasteiger charge is 2.36. The van der Waals surface area contributed by atoms with E-state index < -0.39 is 40.7 Å². The summed E-state index contributed by atoms with van der Waals surface area (Å²) in [6, 6.07) is 13.8. The van der Waals surface area contributed by atoms with Crippen molar-refractivity contribution in [2.24, 2.45) is 22.6 Å². The number of halogens is 1. The third-order valence-electron chi connectivity index (χ3n) is 5.98. The minimum Gasteiger partial charge on any atom is -0.483 e. The Hall–Kier alpha value is -4.16. The SMILES string of the molecule is CC1(C(=O)NCc2ccc(C(=N)N)cc2OCC(N)=O)C=C(N(CC(N)=O)S(=O)Cc2ccccc2)C=C(Cl)C1. The predicted octanol–water partition coefficient (Wildman–Crippen LogP) is 1.52. The van der Waals surface area contributed by atoms with Crippen molar-refractivity contribution in [3.8, 4) is 5.75 Å². The van der Waals surface area contributed by atoms with Crippen molar-refractivity contribution in [2.45, 2.75) is 25.6 Å². The van der Waals surface area contributed by atoms with Crippen molar-refractivity contribution in [1.82, 2.24) is 9.62 Å². The standard InChI is InChI=1S/C27H31ClN6O5S/c1-27(26(37)33-13-19-8-7-18(25(31)32)9-22(19)39-15-24(30)36)11-20(28)10-21(12-27)34(14-23(29)35)40(38)16-17-5-3-2-4-6-17/h2-10,12H,11,13-16H2,1H3,(H2,29,35)(H2,30,36)(H3,31,32)(H,33,37). The van der Waals surface area contributed by atoms with Crippen LogP contribution >= 0.6 is 11.6 Å². The summed E-state index contributed by atoms with van der Waals surface area (Å²) < 4.78 is 20.1. The summed E-state index contributed by atoms with van der Waals surface area (Å²) in [5, 5.41) is 10.8. The van der Waals surface area contributed by atoms with Crippen LogP contribution in [0.25, 0.3) is 0 Å². The molecule has 212 valence electrons. The molecular weight excluding hydrogens is 556 g/mol. The number of benzene rings is 2. The van der Waals surface area contributed by atoms with Crippen molar-refractivity contribution in [3.63, 3.8) is 0 Å². The number of nitrogens with two attached hydrogens (primary N) is 3. The van der Waals surface area contributed by atoms with Crippen LogP contribution in [0.4, 0.5) is 0 Å². The highest BCUT2D eigenvalue weighted by molar-refractivity contribution is 7.82. The molecule has 0 aromatic heterocycles. The molecule has 0 saturated heterocycles. The maximum absolute atomic E-state index is 13.4. The van der Waals surface area contributed by atoms with Crippen LogP contribution in [-0.4, -0.2) is 45.2 Å². The fraction of sp³-hybridized carbons (Fsp3) is 0.259. The number of nitrogens with one attached hydrogen (secondary N) is 2. The number of nitrogen functional groups attached to an aromatic ring is 1. The molecule has 3 rings (SSSR count). The number of amidine groups is 1. The summed E-state index contributed by atoms with van der Waals surface area (Å²) in [6.07, 6.45) is 3.34. The summed E-state index contributed by atoms with van der Waals surface area (Å²) >= 11 is 6.45. The molecular formula is C27H31ClN6O5S. The van der Waals surface area contributed by atoms with Crippen molar-refractivity contribution in [1.29, 1.82) is 5.41 Å². The Labute approximate surface area is 239 Å². The Balaban J connectivity index is 1.84. The molecule has 2 aromatic rings. The van der Waals surface area contributed by atoms with E-state index in [2.05, 4.69) is 5.32 Å². The first-order valence-electron chi connectivity index (χ1n) is 12.1. The summed E-state index contributed by atoms with van der Waals surface area (Å²) in [6.45, 7) is 0.939. The molecule has 13 heteroatoms. The van der Waals surface area contributed by atoms with E-state index in [0.717, 1.165) is 5.56 Å². The van der Waals surface area contributed by atoms with Gasteiger partial charge in [0.2, 0.25) is 11.8 Å². The molecule has 0 fully saturated rings. The molecule has 0 radical (unpaired) electrons. The first-order chi connectivity index (χ1) is 18.9. The third-order valence-corrected chi connectivity index (χ3v) is 7.63. The number of rotatable bonds is 13. The third kappa shape index (κ3) is 8.17. The van der Waals surface area contributed by atoms with Crippen LogP contribution in [-0.2, 0) is 37.7 Å². The van der Waals surface area contributed by atoms with Gasteiger partial charge in [0.25, 0.3) is 5.91 Å². The van der Waals surface area contributed by atoms with E-state index in [9.17, 15) is 18.6 Å². The number of hydrogen-bond donors (Lipinski definition) is 5. The van der Waals surface area contributed by atoms with Gasteiger partial charge < -0.3 is 27.3 Å². The highest BCUT2D eigenvalue weighted by atomic mass is 35.5. The summed E-state index contributed by atoms with van der Waals surface area (Å²) in [7, 11) is -1.69. The van der Waals surface area contributed by atoms with Crippen LogP contribution in [0, 0.1) is 10.8 Å². The molecule has 11 nitrogen and oxygen atoms in total. The van der Waals surface area contributed by atoms with E-state index in [0.29, 0.717) is 21.9 Å². The second kappa shape index (κ2) is 13.3. The zero-order valence-electron chi connectivity index (χ0n) is 21.8. The molecule has 1 aliphatic carbocycles. The van der Waals surface area contributed by atoms with Crippen LogP contribution < -0.4 is 27.3 Å². The first-order valence-corrected chi connectivity index (χ1v) is 13.8. The maximum Gasteiger partial charge on any atom is 0.255 e. The number of nitrogens with zero attached hydrogens (tertiary/aromatic N) is 1. The van der Waals surface area contributed by atoms with Crippen molar-refractivity contribution >= 4 is 46.1 Å². The molecule has 0 aliphatic heterocycles. The van der Waals surface area contributed by atoms with Crippen LogP contribution in [0.5, 0.6) is 5.75 Å². The molecule has 2 atom stereocenters. The Morgan fingerprint density at radius 2 is 1.82 bits per heavy atom. The monoisotopic (exact) mass is 586 g/mol. The van der Waals surface area contributed by atoms with Gasteiger partial charge >= 0.3 is 0 Å². The number of carbonyl (C=O) groups is 3. The lowest BCUT2D eigenvalue weighted by atomic mass is 9.81. The fourth-order valence-corrected chi connectivity index (χ4v) is 5.65. The number of primary amides is 2. The number of amides is 3. The average Bonchev–Trinajstić information content (AvgIpc) is 2.89. The quantitative estimate of drug-likeness (QED) is 0.174.